The number of carbonyl (C=O) groups is 2. The summed E-state index contributed by atoms with van der Waals surface area (Å²) in [5, 5.41) is 11.5. The highest BCUT2D eigenvalue weighted by molar-refractivity contribution is 5.94. The third kappa shape index (κ3) is 2.50. The molecule has 1 aromatic carbocycles. The molecule has 0 bridgehead atoms. The first-order chi connectivity index (χ1) is 7.45. The molecule has 5 nitrogen and oxygen atoms in total. The number of carboxylic acids is 1. The van der Waals surface area contributed by atoms with Gasteiger partial charge < -0.3 is 15.2 Å². The molecule has 5 heteroatoms. The first kappa shape index (κ1) is 12.0. The van der Waals surface area contributed by atoms with Crippen molar-refractivity contribution in [2.24, 2.45) is 0 Å². The molecule has 2 N–H and O–H groups in total. The summed E-state index contributed by atoms with van der Waals surface area (Å²) >= 11 is 0. The number of hydrogen-bond acceptors (Lipinski definition) is 3. The topological polar surface area (TPSA) is 75.6 Å². The molecule has 0 heterocycles. The molecular weight excluding hydrogens is 210 g/mol. The van der Waals surface area contributed by atoms with E-state index < -0.39 is 5.97 Å². The predicted octanol–water partition coefficient (Wildman–Crippen LogP) is 1.66. The maximum absolute atomic E-state index is 10.9. The summed E-state index contributed by atoms with van der Waals surface area (Å²) in [6.45, 7) is 3.11. The Bertz CT molecular complexity index is 440. The number of carbonyl (C=O) groups excluding carboxylic acids is 1. The van der Waals surface area contributed by atoms with E-state index >= 15 is 0 Å². The number of anilines is 1. The Balaban J connectivity index is 3.25. The second-order valence-electron chi connectivity index (χ2n) is 3.35. The molecule has 0 fully saturated rings. The third-order valence-corrected chi connectivity index (χ3v) is 2.09. The maximum atomic E-state index is 10.9. The van der Waals surface area contributed by atoms with Crippen LogP contribution in [0.15, 0.2) is 12.1 Å². The second kappa shape index (κ2) is 4.65. The van der Waals surface area contributed by atoms with Crippen LogP contribution in [-0.2, 0) is 4.79 Å². The quantitative estimate of drug-likeness (QED) is 0.817. The molecule has 0 unspecified atom stereocenters. The Hall–Kier alpha value is -2.04. The summed E-state index contributed by atoms with van der Waals surface area (Å²) in [7, 11) is 1.38. The zero-order valence-corrected chi connectivity index (χ0v) is 9.33. The Labute approximate surface area is 93.0 Å². The normalized spacial score (nSPS) is 9.69. The molecule has 0 saturated heterocycles. The van der Waals surface area contributed by atoms with Crippen molar-refractivity contribution in [1.29, 1.82) is 0 Å². The fourth-order valence-corrected chi connectivity index (χ4v) is 1.35. The Morgan fingerprint density at radius 3 is 2.44 bits per heavy atom. The van der Waals surface area contributed by atoms with Crippen molar-refractivity contribution < 1.29 is 19.4 Å². The van der Waals surface area contributed by atoms with Gasteiger partial charge in [0.2, 0.25) is 5.91 Å². The minimum atomic E-state index is -1.06. The van der Waals surface area contributed by atoms with Crippen LogP contribution in [0.1, 0.15) is 22.8 Å². The molecule has 0 radical (unpaired) electrons. The molecule has 0 spiro atoms. The number of hydrogen-bond donors (Lipinski definition) is 2. The average molecular weight is 223 g/mol. The number of methoxy groups -OCH3 is 1. The van der Waals surface area contributed by atoms with Gasteiger partial charge in [0, 0.05) is 18.7 Å². The molecule has 86 valence electrons. The first-order valence-corrected chi connectivity index (χ1v) is 4.65. The van der Waals surface area contributed by atoms with Gasteiger partial charge in [-0.3, -0.25) is 4.79 Å². The number of amides is 1. The Morgan fingerprint density at radius 1 is 1.38 bits per heavy atom. The van der Waals surface area contributed by atoms with Crippen molar-refractivity contribution in [2.75, 3.05) is 12.4 Å². The van der Waals surface area contributed by atoms with Gasteiger partial charge in [-0.1, -0.05) is 0 Å². The lowest BCUT2D eigenvalue weighted by Crippen LogP contribution is -2.09. The molecule has 0 saturated carbocycles. The number of aromatic carboxylic acids is 1. The molecule has 0 aliphatic heterocycles. The van der Waals surface area contributed by atoms with Crippen LogP contribution in [0, 0.1) is 6.92 Å². The number of carboxylic acid groups (broad SMARTS) is 1. The van der Waals surface area contributed by atoms with Crippen molar-refractivity contribution in [3.8, 4) is 5.75 Å². The van der Waals surface area contributed by atoms with Crippen molar-refractivity contribution in [1.82, 2.24) is 0 Å². The molecule has 1 aromatic rings. The summed E-state index contributed by atoms with van der Waals surface area (Å²) in [6, 6.07) is 2.96. The number of rotatable bonds is 3. The van der Waals surface area contributed by atoms with Crippen molar-refractivity contribution in [2.45, 2.75) is 13.8 Å². The summed E-state index contributed by atoms with van der Waals surface area (Å²) < 4.78 is 4.95. The van der Waals surface area contributed by atoms with Crippen LogP contribution in [0.5, 0.6) is 5.75 Å². The summed E-state index contributed by atoms with van der Waals surface area (Å²) in [5.41, 5.74) is 1.30. The number of benzene rings is 1. The van der Waals surface area contributed by atoms with E-state index in [1.165, 1.54) is 26.2 Å². The van der Waals surface area contributed by atoms with E-state index in [2.05, 4.69) is 5.32 Å². The fourth-order valence-electron chi connectivity index (χ4n) is 1.35. The highest BCUT2D eigenvalue weighted by Gasteiger charge is 2.14. The molecule has 0 atom stereocenters. The third-order valence-electron chi connectivity index (χ3n) is 2.09. The van der Waals surface area contributed by atoms with Crippen LogP contribution in [0.2, 0.25) is 0 Å². The van der Waals surface area contributed by atoms with E-state index in [0.29, 0.717) is 11.3 Å². The highest BCUT2D eigenvalue weighted by Crippen LogP contribution is 2.26. The van der Waals surface area contributed by atoms with Gasteiger partial charge in [0.05, 0.1) is 7.11 Å². The van der Waals surface area contributed by atoms with Gasteiger partial charge in [-0.25, -0.2) is 4.79 Å². The summed E-state index contributed by atoms with van der Waals surface area (Å²) in [4.78, 5) is 21.8. The molecule has 0 aromatic heterocycles. The summed E-state index contributed by atoms with van der Waals surface area (Å²) in [6.07, 6.45) is 0. The Morgan fingerprint density at radius 2 is 2.00 bits per heavy atom. The molecular formula is C11H13NO4. The second-order valence-corrected chi connectivity index (χ2v) is 3.35. The first-order valence-electron chi connectivity index (χ1n) is 4.65. The van der Waals surface area contributed by atoms with E-state index in [0.717, 1.165) is 0 Å². The molecule has 16 heavy (non-hydrogen) atoms. The maximum Gasteiger partial charge on any atom is 0.339 e. The minimum absolute atomic E-state index is 0.0779. The number of aryl methyl sites for hydroxylation is 1. The van der Waals surface area contributed by atoms with Gasteiger partial charge in [-0.05, 0) is 18.6 Å². The lowest BCUT2D eigenvalue weighted by Gasteiger charge is -2.11. The molecule has 1 rings (SSSR count). The van der Waals surface area contributed by atoms with Gasteiger partial charge in [0.25, 0.3) is 0 Å². The largest absolute Gasteiger partial charge is 0.496 e. The van der Waals surface area contributed by atoms with Gasteiger partial charge in [-0.15, -0.1) is 0 Å². The minimum Gasteiger partial charge on any atom is -0.496 e. The van der Waals surface area contributed by atoms with Crippen LogP contribution in [0.25, 0.3) is 0 Å². The van der Waals surface area contributed by atoms with E-state index in [-0.39, 0.29) is 17.2 Å². The van der Waals surface area contributed by atoms with Gasteiger partial charge in [-0.2, -0.15) is 0 Å². The van der Waals surface area contributed by atoms with Crippen molar-refractivity contribution in [3.05, 3.63) is 23.3 Å². The van der Waals surface area contributed by atoms with Crippen molar-refractivity contribution >= 4 is 17.6 Å². The lowest BCUT2D eigenvalue weighted by molar-refractivity contribution is -0.114. The Kier molecular flexibility index (Phi) is 3.50. The van der Waals surface area contributed by atoms with Gasteiger partial charge in [0.1, 0.15) is 11.3 Å². The van der Waals surface area contributed by atoms with Gasteiger partial charge in [0.15, 0.2) is 0 Å². The average Bonchev–Trinajstić information content (AvgIpc) is 2.19. The van der Waals surface area contributed by atoms with E-state index in [1.54, 1.807) is 6.92 Å². The van der Waals surface area contributed by atoms with Gasteiger partial charge >= 0.3 is 5.97 Å². The fraction of sp³-hybridized carbons (Fsp3) is 0.273. The molecule has 1 amide bonds. The van der Waals surface area contributed by atoms with Crippen molar-refractivity contribution in [3.63, 3.8) is 0 Å². The van der Waals surface area contributed by atoms with Crippen LogP contribution in [0.3, 0.4) is 0 Å². The number of nitrogens with one attached hydrogen (secondary N) is 1. The monoisotopic (exact) mass is 223 g/mol. The van der Waals surface area contributed by atoms with Crippen LogP contribution in [-0.4, -0.2) is 24.1 Å². The predicted molar refractivity (Wildman–Crippen MR) is 59.0 cm³/mol. The van der Waals surface area contributed by atoms with E-state index in [1.807, 2.05) is 0 Å². The van der Waals surface area contributed by atoms with Crippen LogP contribution < -0.4 is 10.1 Å². The highest BCUT2D eigenvalue weighted by atomic mass is 16.5. The number of ether oxygens (including phenoxy) is 1. The van der Waals surface area contributed by atoms with Crippen LogP contribution >= 0.6 is 0 Å². The molecule has 0 aliphatic carbocycles. The lowest BCUT2D eigenvalue weighted by atomic mass is 10.1. The standard InChI is InChI=1S/C11H13NO4/c1-6-4-8(11(14)15)10(16-3)5-9(6)12-7(2)13/h4-5H,1-3H3,(H,12,13)(H,14,15). The zero-order chi connectivity index (χ0) is 12.3. The van der Waals surface area contributed by atoms with E-state index in [4.69, 9.17) is 9.84 Å². The SMILES string of the molecule is COc1cc(NC(C)=O)c(C)cc1C(=O)O. The van der Waals surface area contributed by atoms with E-state index in [9.17, 15) is 9.59 Å². The zero-order valence-electron chi connectivity index (χ0n) is 9.33. The molecule has 0 aliphatic rings. The smallest absolute Gasteiger partial charge is 0.339 e. The van der Waals surface area contributed by atoms with Crippen LogP contribution in [0.4, 0.5) is 5.69 Å². The summed E-state index contributed by atoms with van der Waals surface area (Å²) in [5.74, 6) is -1.05.